The average Bonchev–Trinajstić information content (AvgIpc) is 3.11. The molecule has 4 heteroatoms. The molecule has 0 radical (unpaired) electrons. The zero-order valence-electron chi connectivity index (χ0n) is 16.3. The van der Waals surface area contributed by atoms with Crippen molar-refractivity contribution in [2.75, 3.05) is 0 Å². The molecule has 0 spiro atoms. The highest BCUT2D eigenvalue weighted by Crippen LogP contribution is 2.37. The van der Waals surface area contributed by atoms with E-state index in [-0.39, 0.29) is 6.10 Å². The first-order chi connectivity index (χ1) is 12.2. The lowest BCUT2D eigenvalue weighted by Gasteiger charge is -2.32. The van der Waals surface area contributed by atoms with Crippen LogP contribution in [0.2, 0.25) is 0 Å². The second-order valence-corrected chi connectivity index (χ2v) is 10.3. The Kier molecular flexibility index (Phi) is 7.27. The number of hydrogen-bond donors (Lipinski definition) is 0. The summed E-state index contributed by atoms with van der Waals surface area (Å²) in [7, 11) is 0. The van der Waals surface area contributed by atoms with Crippen molar-refractivity contribution in [3.05, 3.63) is 34.9 Å². The van der Waals surface area contributed by atoms with Crippen molar-refractivity contribution in [3.63, 3.8) is 0 Å². The second-order valence-electron chi connectivity index (χ2n) is 8.22. The van der Waals surface area contributed by atoms with E-state index < -0.39 is 11.0 Å². The number of nitrogens with zero attached hydrogens (tertiary/aromatic N) is 1. The smallest absolute Gasteiger partial charge is 0.150 e. The van der Waals surface area contributed by atoms with Crippen LogP contribution in [0.4, 0.5) is 0 Å². The van der Waals surface area contributed by atoms with Gasteiger partial charge in [-0.05, 0) is 57.6 Å². The molecule has 26 heavy (non-hydrogen) atoms. The van der Waals surface area contributed by atoms with Crippen LogP contribution in [-0.4, -0.2) is 16.3 Å². The summed E-state index contributed by atoms with van der Waals surface area (Å²) in [5.74, 6) is 0. The van der Waals surface area contributed by atoms with E-state index in [1.165, 1.54) is 12.8 Å². The molecule has 0 amide bonds. The number of rotatable bonds is 8. The minimum atomic E-state index is -0.557. The predicted octanol–water partition coefficient (Wildman–Crippen LogP) is 6.08. The maximum atomic E-state index is 11.6. The Morgan fingerprint density at radius 2 is 2.00 bits per heavy atom. The molecule has 1 fully saturated rings. The fourth-order valence-corrected chi connectivity index (χ4v) is 4.07. The highest BCUT2D eigenvalue weighted by molar-refractivity contribution is 14.1. The van der Waals surface area contributed by atoms with Crippen molar-refractivity contribution in [1.82, 2.24) is 0 Å². The summed E-state index contributed by atoms with van der Waals surface area (Å²) in [6.45, 7) is 8.23. The highest BCUT2D eigenvalue weighted by atomic mass is 127. The van der Waals surface area contributed by atoms with E-state index in [0.29, 0.717) is 9.49 Å². The third kappa shape index (κ3) is 5.07. The van der Waals surface area contributed by atoms with Crippen LogP contribution in [0.5, 0.6) is 0 Å². The van der Waals surface area contributed by atoms with Crippen molar-refractivity contribution < 1.29 is 9.53 Å². The van der Waals surface area contributed by atoms with E-state index in [0.717, 1.165) is 43.1 Å². The minimum Gasteiger partial charge on any atom is -0.368 e. The van der Waals surface area contributed by atoms with E-state index in [1.54, 1.807) is 0 Å². The molecule has 0 bridgehead atoms. The maximum absolute atomic E-state index is 11.6. The highest BCUT2D eigenvalue weighted by Gasteiger charge is 2.33. The molecular formula is C22H30INO2. The molecule has 1 unspecified atom stereocenters. The summed E-state index contributed by atoms with van der Waals surface area (Å²) in [6, 6.07) is 8.31. The zero-order chi connectivity index (χ0) is 19.4. The number of ether oxygens (including phenoxy) is 1. The average molecular weight is 467 g/mol. The van der Waals surface area contributed by atoms with Crippen LogP contribution in [0.1, 0.15) is 87.7 Å². The van der Waals surface area contributed by atoms with Gasteiger partial charge in [0.05, 0.1) is 23.2 Å². The Hall–Kier alpha value is -0.930. The Morgan fingerprint density at radius 1 is 1.35 bits per heavy atom. The van der Waals surface area contributed by atoms with Crippen molar-refractivity contribution >= 4 is 28.9 Å². The number of carbonyl (C=O) groups excluding carboxylic acids is 1. The minimum absolute atomic E-state index is 0.260. The first-order valence-corrected chi connectivity index (χ1v) is 10.8. The van der Waals surface area contributed by atoms with Crippen molar-refractivity contribution in [1.29, 1.82) is 5.26 Å². The van der Waals surface area contributed by atoms with Gasteiger partial charge in [0, 0.05) is 9.49 Å². The first-order valence-electron chi connectivity index (χ1n) is 9.55. The van der Waals surface area contributed by atoms with Crippen LogP contribution in [0, 0.1) is 11.3 Å². The molecule has 2 rings (SSSR count). The molecule has 0 saturated heterocycles. The number of nitriles is 1. The van der Waals surface area contributed by atoms with E-state index in [1.807, 2.05) is 39.0 Å². The molecule has 0 heterocycles. The van der Waals surface area contributed by atoms with Gasteiger partial charge in [0.25, 0.3) is 0 Å². The summed E-state index contributed by atoms with van der Waals surface area (Å²) >= 11 is 2.40. The third-order valence-corrected chi connectivity index (χ3v) is 6.14. The van der Waals surface area contributed by atoms with Gasteiger partial charge in [0.2, 0.25) is 0 Å². The summed E-state index contributed by atoms with van der Waals surface area (Å²) in [6.07, 6.45) is 7.54. The lowest BCUT2D eigenvalue weighted by molar-refractivity contribution is -0.0729. The van der Waals surface area contributed by atoms with Crippen LogP contribution in [-0.2, 0) is 15.8 Å². The number of halogens is 1. The Labute approximate surface area is 171 Å². The standard InChI is InChI=1S/C22H30INO2/c1-16(23)11-12-22(4,15-24)18-10-9-17(14-25)20(13-18)21(2,3)26-19-7-5-6-8-19/h9-10,13-14,16,19H,5-8,11-12H2,1-4H3/t16?,22-/m0/s1. The van der Waals surface area contributed by atoms with Crippen LogP contribution in [0.3, 0.4) is 0 Å². The fraction of sp³-hybridized carbons (Fsp3) is 0.636. The molecule has 1 saturated carbocycles. The first kappa shape index (κ1) is 21.4. The Morgan fingerprint density at radius 3 is 2.54 bits per heavy atom. The molecule has 2 atom stereocenters. The lowest BCUT2D eigenvalue weighted by Crippen LogP contribution is -2.29. The zero-order valence-corrected chi connectivity index (χ0v) is 18.5. The van der Waals surface area contributed by atoms with E-state index in [2.05, 4.69) is 35.6 Å². The van der Waals surface area contributed by atoms with Gasteiger partial charge in [-0.15, -0.1) is 0 Å². The third-order valence-electron chi connectivity index (χ3n) is 5.52. The van der Waals surface area contributed by atoms with Crippen molar-refractivity contribution in [3.8, 4) is 6.07 Å². The monoisotopic (exact) mass is 467 g/mol. The predicted molar refractivity (Wildman–Crippen MR) is 114 cm³/mol. The molecule has 0 aromatic heterocycles. The number of hydrogen-bond acceptors (Lipinski definition) is 3. The summed E-state index contributed by atoms with van der Waals surface area (Å²) < 4.78 is 6.91. The molecule has 0 aliphatic heterocycles. The SMILES string of the molecule is CC(I)CC[C@@](C)(C#N)c1ccc(C=O)c(C(C)(C)OC2CCCC2)c1. The van der Waals surface area contributed by atoms with Crippen LogP contribution >= 0.6 is 22.6 Å². The van der Waals surface area contributed by atoms with Gasteiger partial charge in [-0.1, -0.05) is 60.6 Å². The molecule has 0 N–H and O–H groups in total. The van der Waals surface area contributed by atoms with Crippen LogP contribution in [0.15, 0.2) is 18.2 Å². The molecule has 1 aliphatic rings. The van der Waals surface area contributed by atoms with Gasteiger partial charge in [0.1, 0.15) is 6.29 Å². The Bertz CT molecular complexity index is 671. The van der Waals surface area contributed by atoms with Gasteiger partial charge >= 0.3 is 0 Å². The molecule has 1 aliphatic carbocycles. The largest absolute Gasteiger partial charge is 0.368 e. The molecular weight excluding hydrogens is 437 g/mol. The topological polar surface area (TPSA) is 50.1 Å². The second kappa shape index (κ2) is 8.84. The van der Waals surface area contributed by atoms with Gasteiger partial charge < -0.3 is 4.74 Å². The molecule has 1 aromatic rings. The molecule has 1 aromatic carbocycles. The van der Waals surface area contributed by atoms with Gasteiger partial charge in [0.15, 0.2) is 0 Å². The van der Waals surface area contributed by atoms with E-state index >= 15 is 0 Å². The normalized spacial score (nSPS) is 18.9. The fourth-order valence-electron chi connectivity index (χ4n) is 3.76. The number of benzene rings is 1. The quantitative estimate of drug-likeness (QED) is 0.265. The van der Waals surface area contributed by atoms with Crippen LogP contribution in [0.25, 0.3) is 0 Å². The van der Waals surface area contributed by atoms with Crippen LogP contribution < -0.4 is 0 Å². The van der Waals surface area contributed by atoms with E-state index in [9.17, 15) is 10.1 Å². The maximum Gasteiger partial charge on any atom is 0.150 e. The molecule has 3 nitrogen and oxygen atoms in total. The summed E-state index contributed by atoms with van der Waals surface area (Å²) in [4.78, 5) is 11.6. The number of aldehydes is 1. The van der Waals surface area contributed by atoms with Crippen molar-refractivity contribution in [2.45, 2.75) is 87.3 Å². The van der Waals surface area contributed by atoms with Gasteiger partial charge in [-0.25, -0.2) is 0 Å². The number of alkyl halides is 1. The van der Waals surface area contributed by atoms with Crippen molar-refractivity contribution in [2.24, 2.45) is 0 Å². The summed E-state index contributed by atoms with van der Waals surface area (Å²) in [5, 5.41) is 9.85. The van der Waals surface area contributed by atoms with E-state index in [4.69, 9.17) is 4.74 Å². The lowest BCUT2D eigenvalue weighted by atomic mass is 9.77. The number of carbonyl (C=O) groups is 1. The van der Waals surface area contributed by atoms with Gasteiger partial charge in [-0.2, -0.15) is 5.26 Å². The Balaban J connectivity index is 2.37. The van der Waals surface area contributed by atoms with Gasteiger partial charge in [-0.3, -0.25) is 4.79 Å². The summed E-state index contributed by atoms with van der Waals surface area (Å²) in [5.41, 5.74) is 1.41. The molecule has 142 valence electrons.